The molecule has 0 aliphatic heterocycles. The highest BCUT2D eigenvalue weighted by atomic mass is 16.4. The van der Waals surface area contributed by atoms with Crippen molar-refractivity contribution in [3.63, 3.8) is 0 Å². The van der Waals surface area contributed by atoms with E-state index in [2.05, 4.69) is 28.6 Å². The number of imidazole rings is 1. The number of nitrogens with zero attached hydrogens (tertiary/aromatic N) is 3. The summed E-state index contributed by atoms with van der Waals surface area (Å²) in [6, 6.07) is 9.81. The third-order valence-electron chi connectivity index (χ3n) is 3.32. The average Bonchev–Trinajstić information content (AvgIpc) is 2.93. The molecule has 0 spiro atoms. The van der Waals surface area contributed by atoms with Crippen molar-refractivity contribution in [3.8, 4) is 0 Å². The second kappa shape index (κ2) is 6.23. The quantitative estimate of drug-likeness (QED) is 0.380. The van der Waals surface area contributed by atoms with Crippen LogP contribution in [-0.2, 0) is 6.54 Å². The lowest BCUT2D eigenvalue weighted by Crippen LogP contribution is -2.26. The summed E-state index contributed by atoms with van der Waals surface area (Å²) >= 11 is 0. The molecule has 2 aromatic rings. The first-order chi connectivity index (χ1) is 9.63. The Morgan fingerprint density at radius 1 is 1.35 bits per heavy atom. The van der Waals surface area contributed by atoms with Crippen LogP contribution in [0.4, 0.5) is 0 Å². The van der Waals surface area contributed by atoms with E-state index in [9.17, 15) is 0 Å². The predicted molar refractivity (Wildman–Crippen MR) is 78.9 cm³/mol. The molecule has 5 nitrogen and oxygen atoms in total. The lowest BCUT2D eigenvalue weighted by Gasteiger charge is -2.19. The molecule has 0 aliphatic rings. The Labute approximate surface area is 118 Å². The van der Waals surface area contributed by atoms with Gasteiger partial charge < -0.3 is 15.5 Å². The number of benzene rings is 1. The topological polar surface area (TPSA) is 76.4 Å². The third-order valence-corrected chi connectivity index (χ3v) is 3.32. The van der Waals surface area contributed by atoms with Gasteiger partial charge in [-0.1, -0.05) is 49.3 Å². The van der Waals surface area contributed by atoms with Crippen molar-refractivity contribution in [2.75, 3.05) is 0 Å². The fraction of sp³-hybridized carbons (Fsp3) is 0.333. The van der Waals surface area contributed by atoms with Crippen molar-refractivity contribution in [2.24, 2.45) is 10.9 Å². The van der Waals surface area contributed by atoms with Crippen molar-refractivity contribution in [3.05, 3.63) is 54.1 Å². The van der Waals surface area contributed by atoms with Crippen molar-refractivity contribution in [1.29, 1.82) is 0 Å². The summed E-state index contributed by atoms with van der Waals surface area (Å²) in [7, 11) is 0. The zero-order valence-electron chi connectivity index (χ0n) is 11.8. The van der Waals surface area contributed by atoms with Crippen LogP contribution in [0.2, 0.25) is 0 Å². The maximum Gasteiger partial charge on any atom is 0.148 e. The zero-order chi connectivity index (χ0) is 14.5. The highest BCUT2D eigenvalue weighted by Crippen LogP contribution is 2.21. The number of hydrogen-bond acceptors (Lipinski definition) is 3. The van der Waals surface area contributed by atoms with Crippen molar-refractivity contribution in [1.82, 2.24) is 9.55 Å². The van der Waals surface area contributed by atoms with Crippen molar-refractivity contribution >= 4 is 5.84 Å². The van der Waals surface area contributed by atoms with Gasteiger partial charge in [0, 0.05) is 24.9 Å². The third kappa shape index (κ3) is 2.99. The maximum atomic E-state index is 9.01. The molecule has 2 rings (SSSR count). The van der Waals surface area contributed by atoms with Gasteiger partial charge in [-0.15, -0.1) is 0 Å². The number of hydrogen-bond donors (Lipinski definition) is 2. The molecule has 106 valence electrons. The SMILES string of the molecule is CC(C)c1nccn1CC(C(N)=NO)c1ccccc1. The highest BCUT2D eigenvalue weighted by Gasteiger charge is 2.19. The van der Waals surface area contributed by atoms with E-state index >= 15 is 0 Å². The summed E-state index contributed by atoms with van der Waals surface area (Å²) in [5, 5.41) is 12.2. The molecule has 20 heavy (non-hydrogen) atoms. The van der Waals surface area contributed by atoms with Crippen LogP contribution in [-0.4, -0.2) is 20.6 Å². The summed E-state index contributed by atoms with van der Waals surface area (Å²) in [5.41, 5.74) is 6.88. The molecule has 0 saturated heterocycles. The first-order valence-corrected chi connectivity index (χ1v) is 6.67. The molecule has 1 unspecified atom stereocenters. The molecule has 0 radical (unpaired) electrons. The van der Waals surface area contributed by atoms with Gasteiger partial charge in [-0.3, -0.25) is 0 Å². The molecule has 0 fully saturated rings. The maximum absolute atomic E-state index is 9.01. The van der Waals surface area contributed by atoms with Gasteiger partial charge in [0.2, 0.25) is 0 Å². The Morgan fingerprint density at radius 3 is 2.65 bits per heavy atom. The standard InChI is InChI=1S/C15H20N4O/c1-11(2)15-17-8-9-19(15)10-13(14(16)18-20)12-6-4-3-5-7-12/h3-9,11,13,20H,10H2,1-2H3,(H2,16,18). The monoisotopic (exact) mass is 272 g/mol. The Morgan fingerprint density at radius 2 is 2.05 bits per heavy atom. The van der Waals surface area contributed by atoms with Crippen molar-refractivity contribution < 1.29 is 5.21 Å². The van der Waals surface area contributed by atoms with Crippen LogP contribution in [0, 0.1) is 0 Å². The Bertz CT molecular complexity index is 575. The second-order valence-electron chi connectivity index (χ2n) is 5.08. The van der Waals surface area contributed by atoms with E-state index in [1.165, 1.54) is 0 Å². The Kier molecular flexibility index (Phi) is 4.40. The van der Waals surface area contributed by atoms with Crippen LogP contribution in [0.1, 0.15) is 37.1 Å². The summed E-state index contributed by atoms with van der Waals surface area (Å²) in [6.07, 6.45) is 3.71. The molecular formula is C15H20N4O. The van der Waals surface area contributed by atoms with E-state index < -0.39 is 0 Å². The summed E-state index contributed by atoms with van der Waals surface area (Å²) in [5.74, 6) is 1.36. The van der Waals surface area contributed by atoms with Crippen LogP contribution in [0.15, 0.2) is 47.9 Å². The minimum Gasteiger partial charge on any atom is -0.409 e. The van der Waals surface area contributed by atoms with Gasteiger partial charge in [0.15, 0.2) is 0 Å². The molecular weight excluding hydrogens is 252 g/mol. The van der Waals surface area contributed by atoms with Crippen molar-refractivity contribution in [2.45, 2.75) is 32.2 Å². The minimum absolute atomic E-state index is 0.173. The van der Waals surface area contributed by atoms with Gasteiger partial charge >= 0.3 is 0 Å². The van der Waals surface area contributed by atoms with E-state index in [4.69, 9.17) is 10.9 Å². The van der Waals surface area contributed by atoms with Crippen LogP contribution in [0.5, 0.6) is 0 Å². The van der Waals surface area contributed by atoms with Crippen LogP contribution in [0.25, 0.3) is 0 Å². The first-order valence-electron chi connectivity index (χ1n) is 6.67. The first kappa shape index (κ1) is 14.1. The van der Waals surface area contributed by atoms with Gasteiger partial charge in [0.05, 0.1) is 5.92 Å². The van der Waals surface area contributed by atoms with E-state index in [1.54, 1.807) is 6.20 Å². The van der Waals surface area contributed by atoms with Crippen LogP contribution in [0.3, 0.4) is 0 Å². The molecule has 1 heterocycles. The van der Waals surface area contributed by atoms with E-state index in [-0.39, 0.29) is 11.8 Å². The number of amidine groups is 1. The zero-order valence-corrected chi connectivity index (χ0v) is 11.8. The fourth-order valence-electron chi connectivity index (χ4n) is 2.30. The smallest absolute Gasteiger partial charge is 0.148 e. The predicted octanol–water partition coefficient (Wildman–Crippen LogP) is 2.54. The van der Waals surface area contributed by atoms with E-state index in [0.717, 1.165) is 11.4 Å². The molecule has 5 heteroatoms. The second-order valence-corrected chi connectivity index (χ2v) is 5.08. The fourth-order valence-corrected chi connectivity index (χ4v) is 2.30. The summed E-state index contributed by atoms with van der Waals surface area (Å²) in [4.78, 5) is 4.37. The van der Waals surface area contributed by atoms with Crippen LogP contribution >= 0.6 is 0 Å². The molecule has 0 bridgehead atoms. The minimum atomic E-state index is -0.173. The van der Waals surface area contributed by atoms with Gasteiger partial charge in [-0.25, -0.2) is 4.98 Å². The highest BCUT2D eigenvalue weighted by molar-refractivity contribution is 5.86. The van der Waals surface area contributed by atoms with Gasteiger partial charge in [0.25, 0.3) is 0 Å². The number of aromatic nitrogens is 2. The van der Waals surface area contributed by atoms with E-state index in [1.807, 2.05) is 36.5 Å². The summed E-state index contributed by atoms with van der Waals surface area (Å²) in [6.45, 7) is 4.80. The lowest BCUT2D eigenvalue weighted by atomic mass is 9.97. The molecule has 0 amide bonds. The Hall–Kier alpha value is -2.30. The average molecular weight is 272 g/mol. The number of nitrogens with two attached hydrogens (primary N) is 1. The van der Waals surface area contributed by atoms with Gasteiger partial charge in [-0.05, 0) is 5.56 Å². The molecule has 1 aromatic heterocycles. The number of oxime groups is 1. The van der Waals surface area contributed by atoms with Crippen LogP contribution < -0.4 is 5.73 Å². The van der Waals surface area contributed by atoms with Gasteiger partial charge in [-0.2, -0.15) is 0 Å². The lowest BCUT2D eigenvalue weighted by molar-refractivity contribution is 0.315. The summed E-state index contributed by atoms with van der Waals surface area (Å²) < 4.78 is 2.06. The number of rotatable bonds is 5. The molecule has 1 aromatic carbocycles. The van der Waals surface area contributed by atoms with Gasteiger partial charge in [0.1, 0.15) is 11.7 Å². The molecule has 1 atom stereocenters. The normalized spacial score (nSPS) is 13.7. The Balaban J connectivity index is 2.32. The molecule has 3 N–H and O–H groups in total. The molecule has 0 aliphatic carbocycles. The largest absolute Gasteiger partial charge is 0.409 e. The van der Waals surface area contributed by atoms with E-state index in [0.29, 0.717) is 12.5 Å². The molecule has 0 saturated carbocycles.